The van der Waals surface area contributed by atoms with Crippen molar-refractivity contribution in [3.63, 3.8) is 0 Å². The van der Waals surface area contributed by atoms with Gasteiger partial charge >= 0.3 is 0 Å². The molecule has 1 aromatic heterocycles. The summed E-state index contributed by atoms with van der Waals surface area (Å²) >= 11 is 5.67. The van der Waals surface area contributed by atoms with E-state index in [1.54, 1.807) is 18.2 Å². The molecule has 3 rings (SSSR count). The van der Waals surface area contributed by atoms with E-state index in [1.165, 1.54) is 24.3 Å². The normalized spacial score (nSPS) is 10.6. The average Bonchev–Trinajstić information content (AvgIpc) is 2.96. The number of hydrogen-bond acceptors (Lipinski definition) is 4. The number of nitrogens with zero attached hydrogens (tertiary/aromatic N) is 1. The van der Waals surface area contributed by atoms with Gasteiger partial charge < -0.3 is 15.1 Å². The van der Waals surface area contributed by atoms with Crippen LogP contribution in [0, 0.1) is 5.82 Å². The first kappa shape index (κ1) is 16.9. The largest absolute Gasteiger partial charge is 0.428 e. The lowest BCUT2D eigenvalue weighted by atomic mass is 10.2. The third kappa shape index (κ3) is 4.33. The van der Waals surface area contributed by atoms with Crippen LogP contribution in [0.3, 0.4) is 0 Å². The van der Waals surface area contributed by atoms with Crippen LogP contribution in [0.2, 0.25) is 5.35 Å². The second kappa shape index (κ2) is 7.31. The van der Waals surface area contributed by atoms with E-state index in [0.29, 0.717) is 22.4 Å². The Kier molecular flexibility index (Phi) is 4.95. The number of nitrogens with one attached hydrogen (secondary N) is 2. The smallest absolute Gasteiger partial charge is 0.293 e. The number of halogens is 2. The number of aromatic nitrogens is 1. The Morgan fingerprint density at radius 3 is 2.68 bits per heavy atom. The number of rotatable bonds is 5. The van der Waals surface area contributed by atoms with Crippen molar-refractivity contribution >= 4 is 40.2 Å². The molecule has 0 aliphatic heterocycles. The van der Waals surface area contributed by atoms with Crippen molar-refractivity contribution in [3.8, 4) is 0 Å². The molecule has 0 aliphatic carbocycles. The molecule has 6 nitrogen and oxygen atoms in total. The fraction of sp³-hybridized carbons (Fsp3) is 0.118. The van der Waals surface area contributed by atoms with Crippen LogP contribution >= 0.6 is 11.6 Å². The Bertz CT molecular complexity index is 925. The van der Waals surface area contributed by atoms with Gasteiger partial charge in [-0.3, -0.25) is 9.59 Å². The van der Waals surface area contributed by atoms with Gasteiger partial charge in [0.05, 0.1) is 0 Å². The highest BCUT2D eigenvalue weighted by atomic mass is 35.5. The second-order valence-electron chi connectivity index (χ2n) is 5.21. The molecule has 0 saturated heterocycles. The first-order valence-corrected chi connectivity index (χ1v) is 7.79. The monoisotopic (exact) mass is 361 g/mol. The molecule has 0 fully saturated rings. The number of oxazole rings is 1. The van der Waals surface area contributed by atoms with Gasteiger partial charge in [-0.2, -0.15) is 4.98 Å². The third-order valence-corrected chi connectivity index (χ3v) is 3.55. The number of hydrogen-bond donors (Lipinski definition) is 2. The molecule has 0 radical (unpaired) electrons. The van der Waals surface area contributed by atoms with E-state index >= 15 is 0 Å². The molecule has 0 aliphatic rings. The Balaban J connectivity index is 1.51. The van der Waals surface area contributed by atoms with Gasteiger partial charge in [0.15, 0.2) is 5.58 Å². The van der Waals surface area contributed by atoms with Crippen LogP contribution in [0.1, 0.15) is 16.8 Å². The van der Waals surface area contributed by atoms with Crippen molar-refractivity contribution in [2.24, 2.45) is 0 Å². The van der Waals surface area contributed by atoms with E-state index in [9.17, 15) is 14.0 Å². The summed E-state index contributed by atoms with van der Waals surface area (Å²) in [5, 5.41) is 5.27. The molecule has 0 unspecified atom stereocenters. The maximum atomic E-state index is 12.8. The van der Waals surface area contributed by atoms with Gasteiger partial charge in [0, 0.05) is 24.2 Å². The molecular formula is C17H13ClFN3O3. The van der Waals surface area contributed by atoms with Crippen LogP contribution in [0.4, 0.5) is 10.1 Å². The van der Waals surface area contributed by atoms with Crippen LogP contribution < -0.4 is 10.6 Å². The lowest BCUT2D eigenvalue weighted by Gasteiger charge is -2.07. The van der Waals surface area contributed by atoms with Crippen LogP contribution in [-0.4, -0.2) is 23.3 Å². The van der Waals surface area contributed by atoms with E-state index < -0.39 is 0 Å². The predicted molar refractivity (Wildman–Crippen MR) is 91.0 cm³/mol. The van der Waals surface area contributed by atoms with E-state index in [4.69, 9.17) is 16.0 Å². The Labute approximate surface area is 147 Å². The number of carbonyl (C=O) groups excluding carboxylic acids is 2. The summed E-state index contributed by atoms with van der Waals surface area (Å²) in [6, 6.07) is 10.2. The molecule has 8 heteroatoms. The van der Waals surface area contributed by atoms with Crippen molar-refractivity contribution in [1.82, 2.24) is 10.3 Å². The van der Waals surface area contributed by atoms with E-state index in [0.717, 1.165) is 0 Å². The average molecular weight is 362 g/mol. The molecule has 0 saturated carbocycles. The van der Waals surface area contributed by atoms with Crippen LogP contribution in [0.5, 0.6) is 0 Å². The third-order valence-electron chi connectivity index (χ3n) is 3.39. The number of benzene rings is 2. The van der Waals surface area contributed by atoms with Crippen molar-refractivity contribution in [1.29, 1.82) is 0 Å². The van der Waals surface area contributed by atoms with Crippen molar-refractivity contribution in [3.05, 3.63) is 59.2 Å². The molecule has 1 heterocycles. The first-order valence-electron chi connectivity index (χ1n) is 7.41. The van der Waals surface area contributed by atoms with Gasteiger partial charge in [0.2, 0.25) is 5.91 Å². The van der Waals surface area contributed by atoms with Crippen LogP contribution in [0.15, 0.2) is 46.9 Å². The maximum Gasteiger partial charge on any atom is 0.293 e. The molecule has 3 aromatic rings. The van der Waals surface area contributed by atoms with Gasteiger partial charge in [-0.25, -0.2) is 4.39 Å². The number of amides is 2. The van der Waals surface area contributed by atoms with E-state index in [2.05, 4.69) is 15.6 Å². The van der Waals surface area contributed by atoms with Crippen LogP contribution in [0.25, 0.3) is 11.1 Å². The highest BCUT2D eigenvalue weighted by Gasteiger charge is 2.10. The summed E-state index contributed by atoms with van der Waals surface area (Å²) < 4.78 is 17.9. The SMILES string of the molecule is O=C(CCNC(=O)c1ccc2oc(Cl)nc2c1)Nc1ccc(F)cc1. The molecule has 0 spiro atoms. The quantitative estimate of drug-likeness (QED) is 0.729. The van der Waals surface area contributed by atoms with Gasteiger partial charge in [0.25, 0.3) is 11.3 Å². The summed E-state index contributed by atoms with van der Waals surface area (Å²) in [5.74, 6) is -1.00. The van der Waals surface area contributed by atoms with Gasteiger partial charge in [0.1, 0.15) is 11.3 Å². The van der Waals surface area contributed by atoms with Crippen molar-refractivity contribution in [2.75, 3.05) is 11.9 Å². The van der Waals surface area contributed by atoms with Crippen LogP contribution in [-0.2, 0) is 4.79 Å². The highest BCUT2D eigenvalue weighted by molar-refractivity contribution is 6.28. The molecule has 0 bridgehead atoms. The fourth-order valence-electron chi connectivity index (χ4n) is 2.19. The summed E-state index contributed by atoms with van der Waals surface area (Å²) in [6.45, 7) is 0.156. The molecule has 2 N–H and O–H groups in total. The Morgan fingerprint density at radius 2 is 1.92 bits per heavy atom. The molecular weight excluding hydrogens is 349 g/mol. The zero-order chi connectivity index (χ0) is 17.8. The van der Waals surface area contributed by atoms with E-state index in [1.807, 2.05) is 0 Å². The van der Waals surface area contributed by atoms with Gasteiger partial charge in [-0.1, -0.05) is 0 Å². The van der Waals surface area contributed by atoms with Gasteiger partial charge in [-0.05, 0) is 54.1 Å². The van der Waals surface area contributed by atoms with Gasteiger partial charge in [-0.15, -0.1) is 0 Å². The number of anilines is 1. The minimum absolute atomic E-state index is 0.00465. The lowest BCUT2D eigenvalue weighted by molar-refractivity contribution is -0.116. The molecule has 25 heavy (non-hydrogen) atoms. The fourth-order valence-corrected chi connectivity index (χ4v) is 2.36. The molecule has 0 atom stereocenters. The van der Waals surface area contributed by atoms with Crippen molar-refractivity contribution < 1.29 is 18.4 Å². The van der Waals surface area contributed by atoms with E-state index in [-0.39, 0.29) is 35.9 Å². The standard InChI is InChI=1S/C17H13ClFN3O3/c18-17-22-13-9-10(1-6-14(13)25-17)16(24)20-8-7-15(23)21-12-4-2-11(19)3-5-12/h1-6,9H,7-8H2,(H,20,24)(H,21,23). The topological polar surface area (TPSA) is 84.2 Å². The first-order chi connectivity index (χ1) is 12.0. The second-order valence-corrected chi connectivity index (χ2v) is 5.53. The summed E-state index contributed by atoms with van der Waals surface area (Å²) in [6.07, 6.45) is 0.0845. The maximum absolute atomic E-state index is 12.8. The predicted octanol–water partition coefficient (Wildman–Crippen LogP) is 3.38. The lowest BCUT2D eigenvalue weighted by Crippen LogP contribution is -2.27. The number of fused-ring (bicyclic) bond motifs is 1. The minimum atomic E-state index is -0.379. The van der Waals surface area contributed by atoms with Crippen molar-refractivity contribution in [2.45, 2.75) is 6.42 Å². The molecule has 128 valence electrons. The summed E-state index contributed by atoms with van der Waals surface area (Å²) in [5.41, 5.74) is 1.84. The Hall–Kier alpha value is -2.93. The zero-order valence-electron chi connectivity index (χ0n) is 12.9. The number of carbonyl (C=O) groups is 2. The zero-order valence-corrected chi connectivity index (χ0v) is 13.6. The molecule has 2 amide bonds. The summed E-state index contributed by atoms with van der Waals surface area (Å²) in [4.78, 5) is 27.8. The highest BCUT2D eigenvalue weighted by Crippen LogP contribution is 2.19. The minimum Gasteiger partial charge on any atom is -0.428 e. The molecule has 2 aromatic carbocycles. The Morgan fingerprint density at radius 1 is 1.16 bits per heavy atom. The summed E-state index contributed by atoms with van der Waals surface area (Å²) in [7, 11) is 0.